The molecule has 0 bridgehead atoms. The van der Waals surface area contributed by atoms with E-state index in [1.165, 1.54) is 6.07 Å². The Balaban J connectivity index is 2.09. The van der Waals surface area contributed by atoms with Crippen molar-refractivity contribution in [3.63, 3.8) is 0 Å². The number of nitrogens with one attached hydrogen (secondary N) is 1. The highest BCUT2D eigenvalue weighted by molar-refractivity contribution is 9.10. The molecule has 1 aromatic carbocycles. The van der Waals surface area contributed by atoms with Gasteiger partial charge in [-0.25, -0.2) is 9.18 Å². The molecule has 0 radical (unpaired) electrons. The van der Waals surface area contributed by atoms with Gasteiger partial charge in [0.15, 0.2) is 0 Å². The van der Waals surface area contributed by atoms with Crippen molar-refractivity contribution >= 4 is 21.9 Å². The number of halogens is 2. The van der Waals surface area contributed by atoms with Crippen LogP contribution in [0.2, 0.25) is 0 Å². The monoisotopic (exact) mass is 359 g/mol. The molecule has 1 aliphatic rings. The smallest absolute Gasteiger partial charge is 0.327 e. The first-order valence-corrected chi connectivity index (χ1v) is 7.87. The molecule has 1 aliphatic heterocycles. The number of hydrogen-bond donors (Lipinski definition) is 1. The second-order valence-corrected chi connectivity index (χ2v) is 5.76. The summed E-state index contributed by atoms with van der Waals surface area (Å²) in [6.45, 7) is 3.33. The summed E-state index contributed by atoms with van der Waals surface area (Å²) in [6.07, 6.45) is 2.10. The number of hydrogen-bond acceptors (Lipinski definition) is 4. The maximum Gasteiger partial charge on any atom is 0.327 e. The molecule has 1 fully saturated rings. The van der Waals surface area contributed by atoms with Gasteiger partial charge in [0.1, 0.15) is 11.9 Å². The minimum Gasteiger partial charge on any atom is -0.465 e. The van der Waals surface area contributed by atoms with Crippen LogP contribution in [-0.2, 0) is 14.3 Å². The fourth-order valence-electron chi connectivity index (χ4n) is 2.31. The molecule has 0 aliphatic carbocycles. The average molecular weight is 360 g/mol. The van der Waals surface area contributed by atoms with Crippen molar-refractivity contribution < 1.29 is 18.7 Å². The molecular formula is C15H19BrFNO3. The SMILES string of the molecule is CCOC(=O)C(NCC1CCCO1)c1ccc(Br)c(F)c1. The van der Waals surface area contributed by atoms with E-state index in [0.717, 1.165) is 19.4 Å². The summed E-state index contributed by atoms with van der Waals surface area (Å²) in [5.74, 6) is -0.807. The average Bonchev–Trinajstić information content (AvgIpc) is 2.96. The maximum atomic E-state index is 13.7. The highest BCUT2D eigenvalue weighted by Crippen LogP contribution is 2.22. The molecule has 2 rings (SSSR count). The quantitative estimate of drug-likeness (QED) is 0.793. The van der Waals surface area contributed by atoms with Gasteiger partial charge in [-0.15, -0.1) is 0 Å². The van der Waals surface area contributed by atoms with Gasteiger partial charge in [0.2, 0.25) is 0 Å². The molecule has 6 heteroatoms. The van der Waals surface area contributed by atoms with E-state index in [9.17, 15) is 9.18 Å². The first-order valence-electron chi connectivity index (χ1n) is 7.08. The normalized spacial score (nSPS) is 19.5. The lowest BCUT2D eigenvalue weighted by molar-refractivity contribution is -0.146. The van der Waals surface area contributed by atoms with Crippen LogP contribution in [0.1, 0.15) is 31.4 Å². The Bertz CT molecular complexity index is 492. The summed E-state index contributed by atoms with van der Waals surface area (Å²) >= 11 is 3.11. The Morgan fingerprint density at radius 1 is 1.62 bits per heavy atom. The molecule has 0 saturated carbocycles. The van der Waals surface area contributed by atoms with E-state index in [2.05, 4.69) is 21.2 Å². The molecular weight excluding hydrogens is 341 g/mol. The van der Waals surface area contributed by atoms with Crippen LogP contribution in [0.4, 0.5) is 4.39 Å². The van der Waals surface area contributed by atoms with Gasteiger partial charge in [0.25, 0.3) is 0 Å². The summed E-state index contributed by atoms with van der Waals surface area (Å²) in [5, 5.41) is 3.13. The second-order valence-electron chi connectivity index (χ2n) is 4.90. The highest BCUT2D eigenvalue weighted by Gasteiger charge is 2.25. The van der Waals surface area contributed by atoms with Gasteiger partial charge in [-0.05, 0) is 53.4 Å². The van der Waals surface area contributed by atoms with Gasteiger partial charge in [0.05, 0.1) is 17.2 Å². The van der Waals surface area contributed by atoms with Crippen molar-refractivity contribution in [3.8, 4) is 0 Å². The number of ether oxygens (including phenoxy) is 2. The summed E-state index contributed by atoms with van der Waals surface area (Å²) in [5.41, 5.74) is 0.548. The van der Waals surface area contributed by atoms with E-state index >= 15 is 0 Å². The van der Waals surface area contributed by atoms with Gasteiger partial charge in [0, 0.05) is 13.2 Å². The minimum atomic E-state index is -0.684. The standard InChI is InChI=1S/C15H19BrFNO3/c1-2-20-15(19)14(18-9-11-4-3-7-21-11)10-5-6-12(16)13(17)8-10/h5-6,8,11,14,18H,2-4,7,9H2,1H3. The summed E-state index contributed by atoms with van der Waals surface area (Å²) in [7, 11) is 0. The fourth-order valence-corrected chi connectivity index (χ4v) is 2.56. The lowest BCUT2D eigenvalue weighted by atomic mass is 10.1. The lowest BCUT2D eigenvalue weighted by Gasteiger charge is -2.20. The van der Waals surface area contributed by atoms with E-state index in [4.69, 9.17) is 9.47 Å². The molecule has 0 aromatic heterocycles. The topological polar surface area (TPSA) is 47.6 Å². The number of esters is 1. The van der Waals surface area contributed by atoms with Crippen molar-refractivity contribution in [2.75, 3.05) is 19.8 Å². The van der Waals surface area contributed by atoms with E-state index in [1.54, 1.807) is 19.1 Å². The third kappa shape index (κ3) is 4.49. The van der Waals surface area contributed by atoms with E-state index < -0.39 is 17.8 Å². The highest BCUT2D eigenvalue weighted by atomic mass is 79.9. The molecule has 1 heterocycles. The van der Waals surface area contributed by atoms with Crippen LogP contribution in [0, 0.1) is 5.82 Å². The third-order valence-electron chi connectivity index (χ3n) is 3.37. The molecule has 21 heavy (non-hydrogen) atoms. The van der Waals surface area contributed by atoms with Crippen molar-refractivity contribution in [3.05, 3.63) is 34.1 Å². The second kappa shape index (κ2) is 7.87. The van der Waals surface area contributed by atoms with Crippen LogP contribution in [0.5, 0.6) is 0 Å². The van der Waals surface area contributed by atoms with E-state index in [0.29, 0.717) is 16.6 Å². The largest absolute Gasteiger partial charge is 0.465 e. The summed E-state index contributed by atoms with van der Waals surface area (Å²) < 4.78 is 24.6. The first-order chi connectivity index (χ1) is 10.1. The van der Waals surface area contributed by atoms with Gasteiger partial charge in [-0.2, -0.15) is 0 Å². The number of carbonyl (C=O) groups is 1. The van der Waals surface area contributed by atoms with Gasteiger partial charge < -0.3 is 9.47 Å². The Morgan fingerprint density at radius 3 is 3.05 bits per heavy atom. The molecule has 2 unspecified atom stereocenters. The predicted octanol–water partition coefficient (Wildman–Crippen LogP) is 2.96. The minimum absolute atomic E-state index is 0.0993. The Kier molecular flexibility index (Phi) is 6.14. The van der Waals surface area contributed by atoms with Crippen molar-refractivity contribution in [1.82, 2.24) is 5.32 Å². The zero-order chi connectivity index (χ0) is 15.2. The van der Waals surface area contributed by atoms with Crippen molar-refractivity contribution in [2.24, 2.45) is 0 Å². The summed E-state index contributed by atoms with van der Waals surface area (Å²) in [4.78, 5) is 12.1. The third-order valence-corrected chi connectivity index (χ3v) is 4.02. The van der Waals surface area contributed by atoms with Gasteiger partial charge in [-0.3, -0.25) is 5.32 Å². The first kappa shape index (κ1) is 16.4. The fraction of sp³-hybridized carbons (Fsp3) is 0.533. The molecule has 1 N–H and O–H groups in total. The molecule has 1 saturated heterocycles. The number of benzene rings is 1. The van der Waals surface area contributed by atoms with Crippen molar-refractivity contribution in [2.45, 2.75) is 31.9 Å². The molecule has 0 spiro atoms. The summed E-state index contributed by atoms with van der Waals surface area (Å²) in [6, 6.07) is 3.95. The number of rotatable bonds is 6. The maximum absolute atomic E-state index is 13.7. The van der Waals surface area contributed by atoms with Crippen LogP contribution in [0.25, 0.3) is 0 Å². The van der Waals surface area contributed by atoms with Crippen LogP contribution >= 0.6 is 15.9 Å². The van der Waals surface area contributed by atoms with Crippen LogP contribution < -0.4 is 5.32 Å². The zero-order valence-corrected chi connectivity index (χ0v) is 13.5. The molecule has 1 aromatic rings. The molecule has 2 atom stereocenters. The molecule has 0 amide bonds. The number of carbonyl (C=O) groups excluding carboxylic acids is 1. The van der Waals surface area contributed by atoms with E-state index in [1.807, 2.05) is 0 Å². The van der Waals surface area contributed by atoms with Crippen LogP contribution in [-0.4, -0.2) is 31.8 Å². The van der Waals surface area contributed by atoms with Crippen LogP contribution in [0.15, 0.2) is 22.7 Å². The lowest BCUT2D eigenvalue weighted by Crippen LogP contribution is -2.35. The zero-order valence-electron chi connectivity index (χ0n) is 11.9. The van der Waals surface area contributed by atoms with Gasteiger partial charge >= 0.3 is 5.97 Å². The Morgan fingerprint density at radius 2 is 2.43 bits per heavy atom. The Hall–Kier alpha value is -0.980. The van der Waals surface area contributed by atoms with Crippen LogP contribution in [0.3, 0.4) is 0 Å². The van der Waals surface area contributed by atoms with E-state index in [-0.39, 0.29) is 12.7 Å². The molecule has 4 nitrogen and oxygen atoms in total. The van der Waals surface area contributed by atoms with Crippen molar-refractivity contribution in [1.29, 1.82) is 0 Å². The van der Waals surface area contributed by atoms with Gasteiger partial charge in [-0.1, -0.05) is 6.07 Å². The molecule has 116 valence electrons. The predicted molar refractivity (Wildman–Crippen MR) is 80.5 cm³/mol. The Labute approximate surface area is 132 Å².